The monoisotopic (exact) mass is 385 g/mol. The van der Waals surface area contributed by atoms with Gasteiger partial charge in [-0.25, -0.2) is 0 Å². The molecule has 131 valence electrons. The van der Waals surface area contributed by atoms with Crippen molar-refractivity contribution in [2.45, 2.75) is 53.1 Å². The van der Waals surface area contributed by atoms with Gasteiger partial charge in [0.15, 0.2) is 0 Å². The number of nitrogens with zero attached hydrogens (tertiary/aromatic N) is 3. The van der Waals surface area contributed by atoms with Crippen molar-refractivity contribution in [2.75, 3.05) is 27.2 Å². The third kappa shape index (κ3) is 28.3. The van der Waals surface area contributed by atoms with Gasteiger partial charge >= 0.3 is 17.1 Å². The smallest absolute Gasteiger partial charge is 0.876 e. The fourth-order valence-corrected chi connectivity index (χ4v) is 9.82. The molecule has 7 heteroatoms. The Morgan fingerprint density at radius 2 is 1.45 bits per heavy atom. The first-order valence-corrected chi connectivity index (χ1v) is 14.4. The fourth-order valence-electron chi connectivity index (χ4n) is 1.77. The Kier molecular flexibility index (Phi) is 15.3. The number of hydrogen-bond acceptors (Lipinski definition) is 3. The van der Waals surface area contributed by atoms with Gasteiger partial charge in [-0.2, -0.15) is 0 Å². The van der Waals surface area contributed by atoms with Gasteiger partial charge in [0, 0.05) is 12.3 Å². The molecule has 0 aromatic heterocycles. The molecule has 0 atom stereocenters. The normalized spacial score (nSPS) is 13.4. The minimum absolute atomic E-state index is 0. The molecule has 0 aliphatic rings. The second-order valence-corrected chi connectivity index (χ2v) is 17.1. The number of aliphatic imine (C=N–C) groups is 1. The van der Waals surface area contributed by atoms with E-state index >= 15 is 0 Å². The average molecular weight is 385 g/mol. The number of allylic oxidation sites excluding steroid dienone is 2. The summed E-state index contributed by atoms with van der Waals surface area (Å²) < 4.78 is 4.82. The molecule has 0 amide bonds. The molecule has 0 fully saturated rings. The molecule has 1 radical (unpaired) electrons. The van der Waals surface area contributed by atoms with Crippen LogP contribution in [0.2, 0.25) is 39.3 Å². The molecule has 0 spiro atoms. The molecular formula is C15H35FeN3OSi2+. The Hall–Kier alpha value is 0.0832. The van der Waals surface area contributed by atoms with E-state index < -0.39 is 16.5 Å². The molecule has 0 aromatic rings. The van der Waals surface area contributed by atoms with Gasteiger partial charge in [0.1, 0.15) is 0 Å². The van der Waals surface area contributed by atoms with Crippen LogP contribution in [-0.2, 0) is 17.1 Å². The zero-order valence-electron chi connectivity index (χ0n) is 16.1. The van der Waals surface area contributed by atoms with Gasteiger partial charge in [-0.1, -0.05) is 68.8 Å². The van der Waals surface area contributed by atoms with Crippen molar-refractivity contribution in [1.29, 1.82) is 0 Å². The van der Waals surface area contributed by atoms with Crippen LogP contribution in [0.5, 0.6) is 0 Å². The summed E-state index contributed by atoms with van der Waals surface area (Å²) in [4.78, 5) is 6.26. The van der Waals surface area contributed by atoms with E-state index in [1.165, 1.54) is 6.92 Å². The van der Waals surface area contributed by atoms with Crippen molar-refractivity contribution >= 4 is 22.2 Å². The molecule has 0 saturated heterocycles. The Labute approximate surface area is 151 Å². The van der Waals surface area contributed by atoms with Crippen LogP contribution < -0.4 is 5.11 Å². The molecule has 0 heterocycles. The van der Waals surface area contributed by atoms with E-state index in [1.807, 2.05) is 21.0 Å². The van der Waals surface area contributed by atoms with Crippen LogP contribution in [0.15, 0.2) is 16.8 Å². The number of likely N-dealkylation sites (N-methyl/N-ethyl adjacent to an activating group) is 1. The Morgan fingerprint density at radius 3 is 1.68 bits per heavy atom. The third-order valence-electron chi connectivity index (χ3n) is 1.99. The number of hydrogen-bond donors (Lipinski definition) is 0. The summed E-state index contributed by atoms with van der Waals surface area (Å²) in [5, 5.41) is 10.6. The van der Waals surface area contributed by atoms with E-state index in [1.54, 1.807) is 6.08 Å². The second kappa shape index (κ2) is 12.5. The first kappa shape index (κ1) is 27.0. The first-order chi connectivity index (χ1) is 9.23. The van der Waals surface area contributed by atoms with Gasteiger partial charge in [-0.05, 0) is 21.0 Å². The molecular weight excluding hydrogens is 350 g/mol. The number of rotatable bonds is 6. The van der Waals surface area contributed by atoms with Crippen LogP contribution in [0.1, 0.15) is 13.8 Å². The summed E-state index contributed by atoms with van der Waals surface area (Å²) in [6, 6.07) is 0. The molecule has 0 aliphatic heterocycles. The van der Waals surface area contributed by atoms with Crippen LogP contribution >= 0.6 is 0 Å². The fraction of sp³-hybridized carbons (Fsp3) is 0.800. The molecule has 0 saturated carbocycles. The van der Waals surface area contributed by atoms with Crippen molar-refractivity contribution in [2.24, 2.45) is 4.99 Å². The maximum absolute atomic E-state index is 10.6. The summed E-state index contributed by atoms with van der Waals surface area (Å²) in [5.41, 5.74) is 0.810. The summed E-state index contributed by atoms with van der Waals surface area (Å²) in [6.07, 6.45) is 1.55. The Morgan fingerprint density at radius 1 is 1.05 bits per heavy atom. The molecule has 0 rings (SSSR count). The summed E-state index contributed by atoms with van der Waals surface area (Å²) in [7, 11) is 1.79. The first-order valence-electron chi connectivity index (χ1n) is 7.48. The Bertz CT molecular complexity index is 330. The van der Waals surface area contributed by atoms with Crippen LogP contribution in [0.25, 0.3) is 4.65 Å². The van der Waals surface area contributed by atoms with Gasteiger partial charge in [-0.15, -0.1) is 5.76 Å². The molecule has 22 heavy (non-hydrogen) atoms. The van der Waals surface area contributed by atoms with Gasteiger partial charge in [0.05, 0.1) is 6.54 Å². The van der Waals surface area contributed by atoms with Crippen molar-refractivity contribution in [3.05, 3.63) is 16.5 Å². The van der Waals surface area contributed by atoms with E-state index in [-0.39, 0.29) is 22.8 Å². The van der Waals surface area contributed by atoms with E-state index in [0.717, 1.165) is 18.8 Å². The van der Waals surface area contributed by atoms with Crippen molar-refractivity contribution in [3.63, 3.8) is 0 Å². The van der Waals surface area contributed by atoms with Gasteiger partial charge in [0.25, 0.3) is 0 Å². The van der Waals surface area contributed by atoms with Gasteiger partial charge in [0.2, 0.25) is 0 Å². The second-order valence-electron chi connectivity index (χ2n) is 7.53. The van der Waals surface area contributed by atoms with Gasteiger partial charge < -0.3 is 14.7 Å². The van der Waals surface area contributed by atoms with E-state index in [0.29, 0.717) is 0 Å². The quantitative estimate of drug-likeness (QED) is 0.400. The minimum atomic E-state index is -1.11. The van der Waals surface area contributed by atoms with Gasteiger partial charge in [-0.3, -0.25) is 4.99 Å². The van der Waals surface area contributed by atoms with Crippen LogP contribution in [0, 0.1) is 0 Å². The van der Waals surface area contributed by atoms with Crippen molar-refractivity contribution in [1.82, 2.24) is 4.90 Å². The van der Waals surface area contributed by atoms with E-state index in [2.05, 4.69) is 49.2 Å². The van der Waals surface area contributed by atoms with E-state index in [4.69, 9.17) is 4.65 Å². The standard InChI is InChI=1S/C9H18N2O.C6H18NSi2.Fe/c1-8(7-9(2)12)10-5-6-11(3)4;1-8(2,3)7-9(4,5)6;/h7,12H,5-6H2,1-4H3;1-6H3;/q;-1;+3/p-1/b9-7-,10-8?;;. The Balaban J connectivity index is -0.000000326. The van der Waals surface area contributed by atoms with Crippen LogP contribution in [0.4, 0.5) is 0 Å². The minimum Gasteiger partial charge on any atom is -0.876 e. The molecule has 0 bridgehead atoms. The largest absolute Gasteiger partial charge is 3.00 e. The topological polar surface area (TPSA) is 52.8 Å². The summed E-state index contributed by atoms with van der Waals surface area (Å²) in [6.45, 7) is 18.8. The van der Waals surface area contributed by atoms with Crippen molar-refractivity contribution in [3.8, 4) is 0 Å². The maximum atomic E-state index is 10.6. The predicted molar refractivity (Wildman–Crippen MR) is 100 cm³/mol. The SMILES string of the molecule is CC(/C=C(/C)[O-])=NCCN(C)C.C[Si](C)(C)[N-][Si](C)(C)C.[Fe+3]. The molecule has 0 aliphatic carbocycles. The maximum Gasteiger partial charge on any atom is 3.00 e. The molecule has 4 nitrogen and oxygen atoms in total. The van der Waals surface area contributed by atoms with Crippen LogP contribution in [0.3, 0.4) is 0 Å². The predicted octanol–water partition coefficient (Wildman–Crippen LogP) is 3.30. The zero-order chi connectivity index (χ0) is 17.3. The average Bonchev–Trinajstić information content (AvgIpc) is 2.09. The molecule has 0 unspecified atom stereocenters. The van der Waals surface area contributed by atoms with E-state index in [9.17, 15) is 5.11 Å². The summed E-state index contributed by atoms with van der Waals surface area (Å²) >= 11 is 0. The zero-order valence-corrected chi connectivity index (χ0v) is 19.2. The molecule has 0 N–H and O–H groups in total. The molecule has 0 aromatic carbocycles. The third-order valence-corrected chi connectivity index (χ3v) is 7.36. The summed E-state index contributed by atoms with van der Waals surface area (Å²) in [5.74, 6) is 0.0566. The van der Waals surface area contributed by atoms with Crippen LogP contribution in [-0.4, -0.2) is 54.3 Å². The van der Waals surface area contributed by atoms with Crippen molar-refractivity contribution < 1.29 is 22.2 Å².